The molecule has 2 aromatic heterocycles. The molecule has 0 bridgehead atoms. The quantitative estimate of drug-likeness (QED) is 0.485. The maximum absolute atomic E-state index is 4.98. The summed E-state index contributed by atoms with van der Waals surface area (Å²) in [6.07, 6.45) is 4.28. The molecular formula is C25H28N6. The zero-order chi connectivity index (χ0) is 21.4. The zero-order valence-electron chi connectivity index (χ0n) is 18.3. The summed E-state index contributed by atoms with van der Waals surface area (Å²) in [5, 5.41) is 9.13. The first kappa shape index (κ1) is 19.5. The van der Waals surface area contributed by atoms with Crippen LogP contribution < -0.4 is 10.2 Å². The second kappa shape index (κ2) is 8.02. The fourth-order valence-electron chi connectivity index (χ4n) is 4.45. The molecule has 6 heteroatoms. The predicted molar refractivity (Wildman–Crippen MR) is 126 cm³/mol. The van der Waals surface area contributed by atoms with Gasteiger partial charge in [-0.3, -0.25) is 0 Å². The van der Waals surface area contributed by atoms with Gasteiger partial charge < -0.3 is 10.2 Å². The van der Waals surface area contributed by atoms with Gasteiger partial charge in [-0.25, -0.2) is 4.68 Å². The number of benzene rings is 2. The normalized spacial score (nSPS) is 16.6. The number of fused-ring (bicyclic) bond motifs is 1. The van der Waals surface area contributed by atoms with E-state index in [4.69, 9.17) is 9.97 Å². The van der Waals surface area contributed by atoms with E-state index in [1.54, 1.807) is 0 Å². The number of nitrogens with zero attached hydrogens (tertiary/aromatic N) is 5. The fourth-order valence-corrected chi connectivity index (χ4v) is 4.45. The summed E-state index contributed by atoms with van der Waals surface area (Å²) in [5.41, 5.74) is 5.28. The highest BCUT2D eigenvalue weighted by molar-refractivity contribution is 5.90. The van der Waals surface area contributed by atoms with Gasteiger partial charge >= 0.3 is 0 Å². The zero-order valence-corrected chi connectivity index (χ0v) is 18.3. The van der Waals surface area contributed by atoms with Gasteiger partial charge in [-0.1, -0.05) is 31.2 Å². The van der Waals surface area contributed by atoms with E-state index >= 15 is 0 Å². The molecular weight excluding hydrogens is 384 g/mol. The number of anilines is 3. The lowest BCUT2D eigenvalue weighted by molar-refractivity contribution is 0.442. The Labute approximate surface area is 182 Å². The van der Waals surface area contributed by atoms with Gasteiger partial charge in [-0.2, -0.15) is 15.1 Å². The van der Waals surface area contributed by atoms with Crippen LogP contribution in [0.2, 0.25) is 0 Å². The van der Waals surface area contributed by atoms with Crippen LogP contribution >= 0.6 is 0 Å². The van der Waals surface area contributed by atoms with Crippen LogP contribution in [0.25, 0.3) is 16.7 Å². The number of hydrogen-bond acceptors (Lipinski definition) is 5. The number of rotatable bonds is 4. The maximum atomic E-state index is 4.98. The molecule has 1 aliphatic heterocycles. The number of aromatic nitrogens is 4. The van der Waals surface area contributed by atoms with Gasteiger partial charge in [0.05, 0.1) is 17.3 Å². The van der Waals surface area contributed by atoms with Gasteiger partial charge in [0.25, 0.3) is 0 Å². The van der Waals surface area contributed by atoms with Crippen molar-refractivity contribution >= 4 is 28.5 Å². The summed E-state index contributed by atoms with van der Waals surface area (Å²) in [6.45, 7) is 8.49. The number of aryl methyl sites for hydroxylation is 2. The molecule has 0 unspecified atom stereocenters. The van der Waals surface area contributed by atoms with Gasteiger partial charge in [0.1, 0.15) is 5.82 Å². The third-order valence-electron chi connectivity index (χ3n) is 5.84. The van der Waals surface area contributed by atoms with Gasteiger partial charge in [0.15, 0.2) is 5.65 Å². The standard InChI is InChI=1S/C25H28N6/c1-17-8-7-11-30(16-17)25-28-23(27-20-13-18(2)12-19(3)14-20)22-15-26-31(24(22)29-25)21-9-5-4-6-10-21/h4-6,9-10,12-15,17H,7-8,11,16H2,1-3H3,(H,27,28,29)/t17-/m0/s1. The summed E-state index contributed by atoms with van der Waals surface area (Å²) in [6, 6.07) is 16.6. The highest BCUT2D eigenvalue weighted by Crippen LogP contribution is 2.30. The second-order valence-electron chi connectivity index (χ2n) is 8.70. The van der Waals surface area contributed by atoms with E-state index in [-0.39, 0.29) is 0 Å². The van der Waals surface area contributed by atoms with Crippen molar-refractivity contribution in [1.29, 1.82) is 0 Å². The molecule has 1 atom stereocenters. The predicted octanol–water partition coefficient (Wildman–Crippen LogP) is 5.41. The minimum Gasteiger partial charge on any atom is -0.340 e. The summed E-state index contributed by atoms with van der Waals surface area (Å²) in [5.74, 6) is 2.21. The van der Waals surface area contributed by atoms with E-state index < -0.39 is 0 Å². The van der Waals surface area contributed by atoms with Gasteiger partial charge in [0.2, 0.25) is 5.95 Å². The van der Waals surface area contributed by atoms with E-state index in [9.17, 15) is 0 Å². The summed E-state index contributed by atoms with van der Waals surface area (Å²) in [7, 11) is 0. The Balaban J connectivity index is 1.64. The monoisotopic (exact) mass is 412 g/mol. The van der Waals surface area contributed by atoms with Crippen LogP contribution in [0.15, 0.2) is 54.7 Å². The van der Waals surface area contributed by atoms with Crippen LogP contribution in [-0.2, 0) is 0 Å². The Kier molecular flexibility index (Phi) is 5.06. The Morgan fingerprint density at radius 2 is 1.77 bits per heavy atom. The lowest BCUT2D eigenvalue weighted by Gasteiger charge is -2.31. The molecule has 31 heavy (non-hydrogen) atoms. The van der Waals surface area contributed by atoms with Crippen molar-refractivity contribution < 1.29 is 0 Å². The lowest BCUT2D eigenvalue weighted by Crippen LogP contribution is -2.35. The van der Waals surface area contributed by atoms with Crippen molar-refractivity contribution in [1.82, 2.24) is 19.7 Å². The van der Waals surface area contributed by atoms with Crippen LogP contribution in [0.4, 0.5) is 17.5 Å². The van der Waals surface area contributed by atoms with E-state index in [1.807, 2.05) is 41.2 Å². The first-order chi connectivity index (χ1) is 15.1. The molecule has 158 valence electrons. The van der Waals surface area contributed by atoms with E-state index in [1.165, 1.54) is 24.0 Å². The van der Waals surface area contributed by atoms with Gasteiger partial charge in [-0.15, -0.1) is 0 Å². The molecule has 0 radical (unpaired) electrons. The van der Waals surface area contributed by atoms with Crippen molar-refractivity contribution in [3.05, 3.63) is 65.9 Å². The minimum absolute atomic E-state index is 0.642. The van der Waals surface area contributed by atoms with E-state index in [0.717, 1.165) is 47.3 Å². The van der Waals surface area contributed by atoms with Crippen LogP contribution in [0.5, 0.6) is 0 Å². The minimum atomic E-state index is 0.642. The van der Waals surface area contributed by atoms with Crippen molar-refractivity contribution in [2.24, 2.45) is 5.92 Å². The molecule has 1 saturated heterocycles. The first-order valence-electron chi connectivity index (χ1n) is 11.0. The molecule has 4 aromatic rings. The van der Waals surface area contributed by atoms with Crippen molar-refractivity contribution in [2.45, 2.75) is 33.6 Å². The smallest absolute Gasteiger partial charge is 0.229 e. The number of hydrogen-bond donors (Lipinski definition) is 1. The SMILES string of the molecule is Cc1cc(C)cc(Nc2nc(N3CCC[C@H](C)C3)nc3c2cnn3-c2ccccc2)c1. The number of piperidine rings is 1. The Bertz CT molecular complexity index is 1190. The van der Waals surface area contributed by atoms with Crippen molar-refractivity contribution in [3.63, 3.8) is 0 Å². The number of nitrogens with one attached hydrogen (secondary N) is 1. The van der Waals surface area contributed by atoms with Crippen LogP contribution in [-0.4, -0.2) is 32.8 Å². The van der Waals surface area contributed by atoms with Gasteiger partial charge in [-0.05, 0) is 68.0 Å². The molecule has 0 aliphatic carbocycles. The molecule has 6 nitrogen and oxygen atoms in total. The fraction of sp³-hybridized carbons (Fsp3) is 0.320. The topological polar surface area (TPSA) is 58.9 Å². The molecule has 5 rings (SSSR count). The van der Waals surface area contributed by atoms with Crippen LogP contribution in [0.3, 0.4) is 0 Å². The molecule has 1 fully saturated rings. The lowest BCUT2D eigenvalue weighted by atomic mass is 10.0. The second-order valence-corrected chi connectivity index (χ2v) is 8.70. The molecule has 1 N–H and O–H groups in total. The first-order valence-corrected chi connectivity index (χ1v) is 11.0. The summed E-state index contributed by atoms with van der Waals surface area (Å²) in [4.78, 5) is 12.3. The Morgan fingerprint density at radius 3 is 2.52 bits per heavy atom. The average molecular weight is 413 g/mol. The molecule has 3 heterocycles. The third kappa shape index (κ3) is 3.98. The van der Waals surface area contributed by atoms with Crippen molar-refractivity contribution in [3.8, 4) is 5.69 Å². The van der Waals surface area contributed by atoms with Crippen LogP contribution in [0, 0.1) is 19.8 Å². The Hall–Kier alpha value is -3.41. The highest BCUT2D eigenvalue weighted by Gasteiger charge is 2.22. The van der Waals surface area contributed by atoms with Crippen LogP contribution in [0.1, 0.15) is 30.9 Å². The highest BCUT2D eigenvalue weighted by atomic mass is 15.3. The maximum Gasteiger partial charge on any atom is 0.229 e. The largest absolute Gasteiger partial charge is 0.340 e. The van der Waals surface area contributed by atoms with Gasteiger partial charge in [0, 0.05) is 18.8 Å². The summed E-state index contributed by atoms with van der Waals surface area (Å²) >= 11 is 0. The Morgan fingerprint density at radius 1 is 1.00 bits per heavy atom. The summed E-state index contributed by atoms with van der Waals surface area (Å²) < 4.78 is 1.90. The van der Waals surface area contributed by atoms with Crippen molar-refractivity contribution in [2.75, 3.05) is 23.3 Å². The van der Waals surface area contributed by atoms with E-state index in [2.05, 4.69) is 54.3 Å². The molecule has 0 amide bonds. The molecule has 0 spiro atoms. The molecule has 0 saturated carbocycles. The van der Waals surface area contributed by atoms with E-state index in [0.29, 0.717) is 5.92 Å². The number of para-hydroxylation sites is 1. The molecule has 1 aliphatic rings. The third-order valence-corrected chi connectivity index (χ3v) is 5.84. The molecule has 2 aromatic carbocycles. The average Bonchev–Trinajstić information content (AvgIpc) is 3.18.